The number of hydrogen-bond donors (Lipinski definition) is 1. The van der Waals surface area contributed by atoms with Crippen LogP contribution in [0.3, 0.4) is 0 Å². The number of carbonyl (C=O) groups excluding carboxylic acids is 2. The van der Waals surface area contributed by atoms with Gasteiger partial charge in [-0.1, -0.05) is 32.9 Å². The average molecular weight is 316 g/mol. The van der Waals surface area contributed by atoms with Gasteiger partial charge in [-0.05, 0) is 49.3 Å². The van der Waals surface area contributed by atoms with Crippen LogP contribution in [-0.4, -0.2) is 35.8 Å². The standard InChI is InChI=1S/C19H28N2O2/c1-4-15-7-9-16(10-8-15)18(22)20-17(13-14(2)3)19(23)21-11-5-6-12-21/h7-10,14,17H,4-6,11-13H2,1-3H3,(H,20,22)/t17-/m0/s1. The van der Waals surface area contributed by atoms with E-state index in [1.807, 2.05) is 29.2 Å². The lowest BCUT2D eigenvalue weighted by Crippen LogP contribution is -2.48. The molecule has 4 nitrogen and oxygen atoms in total. The normalized spacial score (nSPS) is 15.7. The zero-order valence-corrected chi connectivity index (χ0v) is 14.5. The molecule has 1 aliphatic heterocycles. The van der Waals surface area contributed by atoms with E-state index in [9.17, 15) is 9.59 Å². The van der Waals surface area contributed by atoms with E-state index in [2.05, 4.69) is 26.1 Å². The summed E-state index contributed by atoms with van der Waals surface area (Å²) >= 11 is 0. The van der Waals surface area contributed by atoms with Crippen molar-refractivity contribution in [2.24, 2.45) is 5.92 Å². The van der Waals surface area contributed by atoms with Gasteiger partial charge in [-0.25, -0.2) is 0 Å². The number of aryl methyl sites for hydroxylation is 1. The van der Waals surface area contributed by atoms with Gasteiger partial charge in [0.05, 0.1) is 0 Å². The Morgan fingerprint density at radius 2 is 1.74 bits per heavy atom. The van der Waals surface area contributed by atoms with Gasteiger partial charge in [-0.2, -0.15) is 0 Å². The van der Waals surface area contributed by atoms with Crippen LogP contribution in [0, 0.1) is 5.92 Å². The summed E-state index contributed by atoms with van der Waals surface area (Å²) in [5, 5.41) is 2.95. The number of amides is 2. The summed E-state index contributed by atoms with van der Waals surface area (Å²) in [5.74, 6) is 0.259. The van der Waals surface area contributed by atoms with Crippen molar-refractivity contribution in [2.45, 2.75) is 52.5 Å². The largest absolute Gasteiger partial charge is 0.341 e. The second kappa shape index (κ2) is 8.14. The fraction of sp³-hybridized carbons (Fsp3) is 0.579. The van der Waals surface area contributed by atoms with Crippen LogP contribution < -0.4 is 5.32 Å². The van der Waals surface area contributed by atoms with Crippen molar-refractivity contribution in [3.8, 4) is 0 Å². The van der Waals surface area contributed by atoms with Crippen LogP contribution in [-0.2, 0) is 11.2 Å². The highest BCUT2D eigenvalue weighted by Gasteiger charge is 2.28. The van der Waals surface area contributed by atoms with E-state index in [1.165, 1.54) is 5.56 Å². The number of hydrogen-bond acceptors (Lipinski definition) is 2. The Morgan fingerprint density at radius 3 is 2.26 bits per heavy atom. The fourth-order valence-electron chi connectivity index (χ4n) is 2.98. The van der Waals surface area contributed by atoms with Crippen LogP contribution in [0.25, 0.3) is 0 Å². The fourth-order valence-corrected chi connectivity index (χ4v) is 2.98. The molecule has 1 aromatic rings. The van der Waals surface area contributed by atoms with Crippen molar-refractivity contribution in [3.63, 3.8) is 0 Å². The molecule has 2 amide bonds. The van der Waals surface area contributed by atoms with E-state index < -0.39 is 6.04 Å². The maximum absolute atomic E-state index is 12.7. The average Bonchev–Trinajstić information content (AvgIpc) is 3.07. The van der Waals surface area contributed by atoms with E-state index in [-0.39, 0.29) is 11.8 Å². The predicted molar refractivity (Wildman–Crippen MR) is 92.3 cm³/mol. The van der Waals surface area contributed by atoms with Crippen LogP contribution in [0.1, 0.15) is 56.0 Å². The van der Waals surface area contributed by atoms with Crippen LogP contribution in [0.2, 0.25) is 0 Å². The smallest absolute Gasteiger partial charge is 0.251 e. The lowest BCUT2D eigenvalue weighted by atomic mass is 10.0. The minimum Gasteiger partial charge on any atom is -0.341 e. The topological polar surface area (TPSA) is 49.4 Å². The molecule has 0 unspecified atom stereocenters. The van der Waals surface area contributed by atoms with Crippen molar-refractivity contribution < 1.29 is 9.59 Å². The van der Waals surface area contributed by atoms with Crippen molar-refractivity contribution in [1.82, 2.24) is 10.2 Å². The first-order chi connectivity index (χ1) is 11.0. The van der Waals surface area contributed by atoms with Gasteiger partial charge in [0, 0.05) is 18.7 Å². The third kappa shape index (κ3) is 4.81. The second-order valence-corrected chi connectivity index (χ2v) is 6.74. The number of nitrogens with zero attached hydrogens (tertiary/aromatic N) is 1. The summed E-state index contributed by atoms with van der Waals surface area (Å²) in [6.07, 6.45) is 3.75. The number of likely N-dealkylation sites (tertiary alicyclic amines) is 1. The molecule has 1 N–H and O–H groups in total. The molecule has 1 fully saturated rings. The Balaban J connectivity index is 2.06. The van der Waals surface area contributed by atoms with Gasteiger partial charge >= 0.3 is 0 Å². The molecule has 0 saturated carbocycles. The van der Waals surface area contributed by atoms with Crippen molar-refractivity contribution in [1.29, 1.82) is 0 Å². The molecule has 1 aromatic carbocycles. The molecule has 4 heteroatoms. The lowest BCUT2D eigenvalue weighted by Gasteiger charge is -2.25. The summed E-state index contributed by atoms with van der Waals surface area (Å²) in [6.45, 7) is 7.87. The Morgan fingerprint density at radius 1 is 1.13 bits per heavy atom. The molecule has 126 valence electrons. The minimum atomic E-state index is -0.425. The zero-order chi connectivity index (χ0) is 16.8. The van der Waals surface area contributed by atoms with Gasteiger partial charge < -0.3 is 10.2 Å². The summed E-state index contributed by atoms with van der Waals surface area (Å²) in [4.78, 5) is 27.0. The molecule has 1 aliphatic rings. The first-order valence-corrected chi connectivity index (χ1v) is 8.69. The summed E-state index contributed by atoms with van der Waals surface area (Å²) in [7, 11) is 0. The SMILES string of the molecule is CCc1ccc(C(=O)N[C@@H](CC(C)C)C(=O)N2CCCC2)cc1. The molecule has 0 aliphatic carbocycles. The molecule has 0 spiro atoms. The number of nitrogens with one attached hydrogen (secondary N) is 1. The van der Waals surface area contributed by atoms with Crippen LogP contribution in [0.4, 0.5) is 0 Å². The van der Waals surface area contributed by atoms with Crippen LogP contribution in [0.15, 0.2) is 24.3 Å². The van der Waals surface area contributed by atoms with E-state index in [1.54, 1.807) is 0 Å². The highest BCUT2D eigenvalue weighted by atomic mass is 16.2. The first-order valence-electron chi connectivity index (χ1n) is 8.69. The first kappa shape index (κ1) is 17.5. The Hall–Kier alpha value is -1.84. The van der Waals surface area contributed by atoms with Gasteiger partial charge in [0.15, 0.2) is 0 Å². The predicted octanol–water partition coefficient (Wildman–Crippen LogP) is 3.02. The van der Waals surface area contributed by atoms with Gasteiger partial charge in [0.1, 0.15) is 6.04 Å². The number of benzene rings is 1. The van der Waals surface area contributed by atoms with Crippen molar-refractivity contribution in [3.05, 3.63) is 35.4 Å². The number of carbonyl (C=O) groups is 2. The molecule has 1 heterocycles. The quantitative estimate of drug-likeness (QED) is 0.877. The maximum Gasteiger partial charge on any atom is 0.251 e. The van der Waals surface area contributed by atoms with Crippen LogP contribution in [0.5, 0.6) is 0 Å². The third-order valence-corrected chi connectivity index (χ3v) is 4.35. The molecule has 1 saturated heterocycles. The van der Waals surface area contributed by atoms with Gasteiger partial charge in [-0.15, -0.1) is 0 Å². The molecule has 2 rings (SSSR count). The molecule has 0 aromatic heterocycles. The minimum absolute atomic E-state index is 0.0646. The maximum atomic E-state index is 12.7. The summed E-state index contributed by atoms with van der Waals surface area (Å²) in [5.41, 5.74) is 1.82. The summed E-state index contributed by atoms with van der Waals surface area (Å²) < 4.78 is 0. The Kier molecular flexibility index (Phi) is 6.20. The highest BCUT2D eigenvalue weighted by Crippen LogP contribution is 2.14. The van der Waals surface area contributed by atoms with E-state index >= 15 is 0 Å². The summed E-state index contributed by atoms with van der Waals surface area (Å²) in [6, 6.07) is 7.18. The molecule has 0 radical (unpaired) electrons. The monoisotopic (exact) mass is 316 g/mol. The molecular weight excluding hydrogens is 288 g/mol. The van der Waals surface area contributed by atoms with Crippen molar-refractivity contribution in [2.75, 3.05) is 13.1 Å². The van der Waals surface area contributed by atoms with E-state index in [4.69, 9.17) is 0 Å². The molecule has 23 heavy (non-hydrogen) atoms. The number of rotatable bonds is 6. The Labute approximate surface area is 139 Å². The molecular formula is C19H28N2O2. The molecule has 0 bridgehead atoms. The van der Waals surface area contributed by atoms with E-state index in [0.29, 0.717) is 17.9 Å². The molecule has 1 atom stereocenters. The third-order valence-electron chi connectivity index (χ3n) is 4.35. The Bertz CT molecular complexity index is 531. The van der Waals surface area contributed by atoms with Crippen molar-refractivity contribution >= 4 is 11.8 Å². The van der Waals surface area contributed by atoms with Gasteiger partial charge in [-0.3, -0.25) is 9.59 Å². The zero-order valence-electron chi connectivity index (χ0n) is 14.5. The second-order valence-electron chi connectivity index (χ2n) is 6.74. The van der Waals surface area contributed by atoms with Crippen LogP contribution >= 0.6 is 0 Å². The van der Waals surface area contributed by atoms with Gasteiger partial charge in [0.2, 0.25) is 5.91 Å². The highest BCUT2D eigenvalue weighted by molar-refractivity contribution is 5.97. The van der Waals surface area contributed by atoms with E-state index in [0.717, 1.165) is 32.4 Å². The van der Waals surface area contributed by atoms with Gasteiger partial charge in [0.25, 0.3) is 5.91 Å². The lowest BCUT2D eigenvalue weighted by molar-refractivity contribution is -0.132.